The molecule has 2 rings (SSSR count). The Morgan fingerprint density at radius 1 is 1.53 bits per heavy atom. The fourth-order valence-corrected chi connectivity index (χ4v) is 3.65. The van der Waals surface area contributed by atoms with Crippen LogP contribution in [0.5, 0.6) is 0 Å². The molecule has 0 aliphatic heterocycles. The second-order valence-electron chi connectivity index (χ2n) is 4.56. The minimum atomic E-state index is -3.58. The van der Waals surface area contributed by atoms with Gasteiger partial charge in [-0.05, 0) is 30.2 Å². The highest BCUT2D eigenvalue weighted by atomic mass is 32.2. The molecular weight excluding hydrogens is 286 g/mol. The highest BCUT2D eigenvalue weighted by Crippen LogP contribution is 2.31. The summed E-state index contributed by atoms with van der Waals surface area (Å²) in [5.74, 6) is 0.138. The van der Waals surface area contributed by atoms with E-state index < -0.39 is 10.0 Å². The van der Waals surface area contributed by atoms with Crippen LogP contribution in [-0.2, 0) is 14.8 Å². The summed E-state index contributed by atoms with van der Waals surface area (Å²) in [4.78, 5) is 11.5. The first-order chi connectivity index (χ1) is 8.99. The van der Waals surface area contributed by atoms with Gasteiger partial charge in [0, 0.05) is 12.6 Å². The highest BCUT2D eigenvalue weighted by molar-refractivity contribution is 7.91. The monoisotopic (exact) mass is 303 g/mol. The van der Waals surface area contributed by atoms with Gasteiger partial charge in [0.25, 0.3) is 10.0 Å². The van der Waals surface area contributed by atoms with Crippen molar-refractivity contribution in [2.75, 3.05) is 13.1 Å². The van der Waals surface area contributed by atoms with Gasteiger partial charge in [-0.1, -0.05) is 6.07 Å². The van der Waals surface area contributed by atoms with Gasteiger partial charge in [0.2, 0.25) is 5.91 Å². The van der Waals surface area contributed by atoms with Gasteiger partial charge in [-0.2, -0.15) is 0 Å². The van der Waals surface area contributed by atoms with Crippen LogP contribution in [0.3, 0.4) is 0 Å². The number of rotatable bonds is 7. The number of carbonyl (C=O) groups excluding carboxylic acids is 1. The number of carbonyl (C=O) groups is 1. The molecule has 0 radical (unpaired) electrons. The number of thiophene rings is 1. The van der Waals surface area contributed by atoms with Gasteiger partial charge in [0.05, 0.1) is 6.54 Å². The summed E-state index contributed by atoms with van der Waals surface area (Å²) in [6, 6.07) is 3.11. The standard InChI is InChI=1S/C11H17N3O3S2/c12-9(8-3-4-8)6-13-10(15)7-14-19(16,17)11-2-1-5-18-11/h1-2,5,8-9,14H,3-4,6-7,12H2,(H,13,15). The second-order valence-corrected chi connectivity index (χ2v) is 7.50. The molecule has 0 aromatic carbocycles. The lowest BCUT2D eigenvalue weighted by atomic mass is 10.2. The van der Waals surface area contributed by atoms with Crippen LogP contribution in [0.25, 0.3) is 0 Å². The average molecular weight is 303 g/mol. The first kappa shape index (κ1) is 14.4. The third-order valence-electron chi connectivity index (χ3n) is 2.95. The van der Waals surface area contributed by atoms with Gasteiger partial charge in [0.15, 0.2) is 0 Å². The molecule has 1 aromatic heterocycles. The molecule has 0 spiro atoms. The van der Waals surface area contributed by atoms with E-state index in [9.17, 15) is 13.2 Å². The maximum atomic E-state index is 11.7. The summed E-state index contributed by atoms with van der Waals surface area (Å²) < 4.78 is 26.0. The Hall–Kier alpha value is -0.960. The van der Waals surface area contributed by atoms with Gasteiger partial charge >= 0.3 is 0 Å². The van der Waals surface area contributed by atoms with Crippen molar-refractivity contribution in [2.24, 2.45) is 11.7 Å². The van der Waals surface area contributed by atoms with Crippen molar-refractivity contribution < 1.29 is 13.2 Å². The van der Waals surface area contributed by atoms with Gasteiger partial charge < -0.3 is 11.1 Å². The first-order valence-electron chi connectivity index (χ1n) is 6.04. The van der Waals surface area contributed by atoms with Crippen molar-refractivity contribution in [1.29, 1.82) is 0 Å². The van der Waals surface area contributed by atoms with E-state index in [1.807, 2.05) is 0 Å². The van der Waals surface area contributed by atoms with E-state index in [1.165, 1.54) is 6.07 Å². The van der Waals surface area contributed by atoms with Crippen molar-refractivity contribution in [3.8, 4) is 0 Å². The van der Waals surface area contributed by atoms with Crippen molar-refractivity contribution in [1.82, 2.24) is 10.0 Å². The molecule has 6 nitrogen and oxygen atoms in total. The number of sulfonamides is 1. The second kappa shape index (κ2) is 6.00. The molecule has 1 aromatic rings. The molecule has 1 unspecified atom stereocenters. The molecule has 1 saturated carbocycles. The zero-order valence-corrected chi connectivity index (χ0v) is 12.0. The zero-order chi connectivity index (χ0) is 13.9. The minimum absolute atomic E-state index is 0.0298. The lowest BCUT2D eigenvalue weighted by Crippen LogP contribution is -2.43. The van der Waals surface area contributed by atoms with E-state index in [1.54, 1.807) is 11.4 Å². The van der Waals surface area contributed by atoms with E-state index in [2.05, 4.69) is 10.0 Å². The summed E-state index contributed by atoms with van der Waals surface area (Å²) in [6.07, 6.45) is 2.23. The van der Waals surface area contributed by atoms with Gasteiger partial charge in [-0.15, -0.1) is 11.3 Å². The van der Waals surface area contributed by atoms with Crippen molar-refractivity contribution in [3.05, 3.63) is 17.5 Å². The molecule has 106 valence electrons. The van der Waals surface area contributed by atoms with Crippen LogP contribution < -0.4 is 15.8 Å². The summed E-state index contributed by atoms with van der Waals surface area (Å²) in [5.41, 5.74) is 5.83. The Bertz CT molecular complexity index is 523. The topological polar surface area (TPSA) is 101 Å². The molecule has 1 amide bonds. The quantitative estimate of drug-likeness (QED) is 0.653. The summed E-state index contributed by atoms with van der Waals surface area (Å²) in [7, 11) is -3.58. The van der Waals surface area contributed by atoms with Crippen LogP contribution in [-0.4, -0.2) is 33.5 Å². The van der Waals surface area contributed by atoms with Gasteiger partial charge in [-0.3, -0.25) is 4.79 Å². The number of nitrogens with one attached hydrogen (secondary N) is 2. The van der Waals surface area contributed by atoms with Crippen molar-refractivity contribution >= 4 is 27.3 Å². The van der Waals surface area contributed by atoms with Gasteiger partial charge in [0.1, 0.15) is 4.21 Å². The van der Waals surface area contributed by atoms with E-state index in [0.29, 0.717) is 12.5 Å². The Labute approximate surface area is 116 Å². The van der Waals surface area contributed by atoms with E-state index >= 15 is 0 Å². The fourth-order valence-electron chi connectivity index (χ4n) is 1.63. The van der Waals surface area contributed by atoms with Crippen LogP contribution >= 0.6 is 11.3 Å². The van der Waals surface area contributed by atoms with Gasteiger partial charge in [-0.25, -0.2) is 13.1 Å². The molecule has 1 atom stereocenters. The molecule has 0 bridgehead atoms. The van der Waals surface area contributed by atoms with Crippen molar-refractivity contribution in [2.45, 2.75) is 23.1 Å². The molecule has 8 heteroatoms. The molecule has 1 fully saturated rings. The molecule has 1 heterocycles. The zero-order valence-electron chi connectivity index (χ0n) is 10.3. The molecule has 1 aliphatic rings. The maximum Gasteiger partial charge on any atom is 0.250 e. The number of nitrogens with two attached hydrogens (primary N) is 1. The van der Waals surface area contributed by atoms with Crippen LogP contribution in [0.15, 0.2) is 21.7 Å². The third kappa shape index (κ3) is 4.27. The summed E-state index contributed by atoms with van der Waals surface area (Å²) >= 11 is 1.11. The Kier molecular flexibility index (Phi) is 4.56. The maximum absolute atomic E-state index is 11.7. The molecular formula is C11H17N3O3S2. The minimum Gasteiger partial charge on any atom is -0.353 e. The SMILES string of the molecule is NC(CNC(=O)CNS(=O)(=O)c1cccs1)C1CC1. The lowest BCUT2D eigenvalue weighted by Gasteiger charge is -2.11. The average Bonchev–Trinajstić information content (AvgIpc) is 3.07. The summed E-state index contributed by atoms with van der Waals surface area (Å²) in [6.45, 7) is 0.127. The highest BCUT2D eigenvalue weighted by Gasteiger charge is 2.28. The molecule has 19 heavy (non-hydrogen) atoms. The Morgan fingerprint density at radius 2 is 2.26 bits per heavy atom. The predicted molar refractivity (Wildman–Crippen MR) is 73.2 cm³/mol. The Morgan fingerprint density at radius 3 is 2.84 bits per heavy atom. The van der Waals surface area contributed by atoms with E-state index in [-0.39, 0.29) is 22.7 Å². The summed E-state index contributed by atoms with van der Waals surface area (Å²) in [5, 5.41) is 4.30. The van der Waals surface area contributed by atoms with Crippen LogP contribution in [0.2, 0.25) is 0 Å². The predicted octanol–water partition coefficient (Wildman–Crippen LogP) is -0.120. The molecule has 4 N–H and O–H groups in total. The number of amides is 1. The van der Waals surface area contributed by atoms with E-state index in [0.717, 1.165) is 24.2 Å². The first-order valence-corrected chi connectivity index (χ1v) is 8.41. The Balaban J connectivity index is 1.74. The lowest BCUT2D eigenvalue weighted by molar-refractivity contribution is -0.120. The van der Waals surface area contributed by atoms with Crippen LogP contribution in [0.1, 0.15) is 12.8 Å². The number of hydrogen-bond acceptors (Lipinski definition) is 5. The fraction of sp³-hybridized carbons (Fsp3) is 0.545. The van der Waals surface area contributed by atoms with Crippen molar-refractivity contribution in [3.63, 3.8) is 0 Å². The molecule has 1 aliphatic carbocycles. The normalized spacial score (nSPS) is 17.1. The molecule has 0 saturated heterocycles. The largest absolute Gasteiger partial charge is 0.353 e. The van der Waals surface area contributed by atoms with Crippen LogP contribution in [0, 0.1) is 5.92 Å². The number of hydrogen-bond donors (Lipinski definition) is 3. The smallest absolute Gasteiger partial charge is 0.250 e. The third-order valence-corrected chi connectivity index (χ3v) is 5.74. The van der Waals surface area contributed by atoms with E-state index in [4.69, 9.17) is 5.73 Å². The van der Waals surface area contributed by atoms with Crippen LogP contribution in [0.4, 0.5) is 0 Å².